The molecule has 0 spiro atoms. The number of aromatic nitrogens is 2. The van der Waals surface area contributed by atoms with Crippen molar-refractivity contribution in [1.82, 2.24) is 15.5 Å². The van der Waals surface area contributed by atoms with E-state index in [4.69, 9.17) is 0 Å². The Morgan fingerprint density at radius 2 is 2.15 bits per heavy atom. The monoisotopic (exact) mass is 273 g/mol. The molecule has 1 saturated heterocycles. The molecule has 0 saturated carbocycles. The maximum absolute atomic E-state index is 9.50. The SMILES string of the molecule is CCc1nnc(N(C)CC2CCCN2)c(C#N)c1CC. The summed E-state index contributed by atoms with van der Waals surface area (Å²) in [5, 5.41) is 21.6. The van der Waals surface area contributed by atoms with Crippen LogP contribution in [0.15, 0.2) is 0 Å². The smallest absolute Gasteiger partial charge is 0.169 e. The van der Waals surface area contributed by atoms with Gasteiger partial charge in [0.1, 0.15) is 11.6 Å². The van der Waals surface area contributed by atoms with Crippen LogP contribution in [0.3, 0.4) is 0 Å². The van der Waals surface area contributed by atoms with Crippen LogP contribution in [0.4, 0.5) is 5.82 Å². The van der Waals surface area contributed by atoms with Gasteiger partial charge in [0.25, 0.3) is 0 Å². The van der Waals surface area contributed by atoms with Gasteiger partial charge in [-0.25, -0.2) is 0 Å². The first kappa shape index (κ1) is 14.7. The highest BCUT2D eigenvalue weighted by atomic mass is 15.3. The van der Waals surface area contributed by atoms with Crippen molar-refractivity contribution in [3.05, 3.63) is 16.8 Å². The lowest BCUT2D eigenvalue weighted by molar-refractivity contribution is 0.595. The summed E-state index contributed by atoms with van der Waals surface area (Å²) in [5.41, 5.74) is 2.69. The van der Waals surface area contributed by atoms with Crippen molar-refractivity contribution in [2.24, 2.45) is 0 Å². The van der Waals surface area contributed by atoms with Gasteiger partial charge in [0.2, 0.25) is 0 Å². The summed E-state index contributed by atoms with van der Waals surface area (Å²) in [6.45, 7) is 6.08. The Balaban J connectivity index is 2.28. The largest absolute Gasteiger partial charge is 0.356 e. The molecule has 5 nitrogen and oxygen atoms in total. The van der Waals surface area contributed by atoms with Crippen LogP contribution in [0.1, 0.15) is 43.5 Å². The Hall–Kier alpha value is -1.67. The van der Waals surface area contributed by atoms with Crippen LogP contribution in [0.5, 0.6) is 0 Å². The topological polar surface area (TPSA) is 64.8 Å². The van der Waals surface area contributed by atoms with Crippen LogP contribution in [0.2, 0.25) is 0 Å². The molecule has 0 aliphatic carbocycles. The second-order valence-corrected chi connectivity index (χ2v) is 5.32. The first-order valence-corrected chi connectivity index (χ1v) is 7.44. The minimum Gasteiger partial charge on any atom is -0.356 e. The van der Waals surface area contributed by atoms with Crippen molar-refractivity contribution in [2.75, 3.05) is 25.0 Å². The van der Waals surface area contributed by atoms with E-state index in [0.29, 0.717) is 11.6 Å². The van der Waals surface area contributed by atoms with Gasteiger partial charge in [-0.1, -0.05) is 13.8 Å². The van der Waals surface area contributed by atoms with Gasteiger partial charge in [-0.05, 0) is 37.8 Å². The summed E-state index contributed by atoms with van der Waals surface area (Å²) in [6, 6.07) is 2.82. The molecule has 1 aliphatic rings. The second-order valence-electron chi connectivity index (χ2n) is 5.32. The van der Waals surface area contributed by atoms with Crippen molar-refractivity contribution in [3.8, 4) is 6.07 Å². The molecule has 1 aromatic heterocycles. The van der Waals surface area contributed by atoms with Gasteiger partial charge in [-0.3, -0.25) is 0 Å². The molecule has 1 aromatic rings. The first-order chi connectivity index (χ1) is 9.71. The first-order valence-electron chi connectivity index (χ1n) is 7.44. The number of nitrogens with one attached hydrogen (secondary N) is 1. The van der Waals surface area contributed by atoms with E-state index in [1.165, 1.54) is 12.8 Å². The molecule has 0 aromatic carbocycles. The highest BCUT2D eigenvalue weighted by molar-refractivity contribution is 5.57. The van der Waals surface area contributed by atoms with E-state index in [1.54, 1.807) is 0 Å². The molecule has 0 radical (unpaired) electrons. The fraction of sp³-hybridized carbons (Fsp3) is 0.667. The zero-order chi connectivity index (χ0) is 14.5. The van der Waals surface area contributed by atoms with E-state index in [9.17, 15) is 5.26 Å². The number of rotatable bonds is 5. The van der Waals surface area contributed by atoms with Gasteiger partial charge in [-0.2, -0.15) is 10.4 Å². The molecule has 5 heteroatoms. The van der Waals surface area contributed by atoms with Gasteiger partial charge >= 0.3 is 0 Å². The molecule has 2 heterocycles. The Bertz CT molecular complexity index is 500. The van der Waals surface area contributed by atoms with Crippen molar-refractivity contribution in [1.29, 1.82) is 5.26 Å². The van der Waals surface area contributed by atoms with E-state index in [1.807, 2.05) is 7.05 Å². The molecule has 0 amide bonds. The standard InChI is InChI=1S/C15H23N5/c1-4-12-13(9-16)15(19-18-14(12)5-2)20(3)10-11-7-6-8-17-11/h11,17H,4-8,10H2,1-3H3. The van der Waals surface area contributed by atoms with Crippen molar-refractivity contribution >= 4 is 5.82 Å². The van der Waals surface area contributed by atoms with Crippen LogP contribution in [0, 0.1) is 11.3 Å². The number of nitrogens with zero attached hydrogens (tertiary/aromatic N) is 4. The average molecular weight is 273 g/mol. The van der Waals surface area contributed by atoms with Gasteiger partial charge < -0.3 is 10.2 Å². The van der Waals surface area contributed by atoms with Crippen LogP contribution < -0.4 is 10.2 Å². The van der Waals surface area contributed by atoms with E-state index < -0.39 is 0 Å². The number of nitriles is 1. The molecule has 108 valence electrons. The summed E-state index contributed by atoms with van der Waals surface area (Å²) in [7, 11) is 2.00. The third-order valence-corrected chi connectivity index (χ3v) is 3.96. The van der Waals surface area contributed by atoms with Crippen LogP contribution >= 0.6 is 0 Å². The molecule has 1 aliphatic heterocycles. The summed E-state index contributed by atoms with van der Waals surface area (Å²) < 4.78 is 0. The molecule has 20 heavy (non-hydrogen) atoms. The van der Waals surface area contributed by atoms with E-state index >= 15 is 0 Å². The number of hydrogen-bond acceptors (Lipinski definition) is 5. The highest BCUT2D eigenvalue weighted by Crippen LogP contribution is 2.23. The van der Waals surface area contributed by atoms with E-state index in [-0.39, 0.29) is 0 Å². The van der Waals surface area contributed by atoms with Gasteiger partial charge in [0, 0.05) is 19.6 Å². The number of anilines is 1. The average Bonchev–Trinajstić information content (AvgIpc) is 2.98. The zero-order valence-electron chi connectivity index (χ0n) is 12.6. The van der Waals surface area contributed by atoms with Crippen molar-refractivity contribution < 1.29 is 0 Å². The fourth-order valence-corrected chi connectivity index (χ4v) is 2.88. The van der Waals surface area contributed by atoms with Crippen LogP contribution in [0.25, 0.3) is 0 Å². The molecule has 1 N–H and O–H groups in total. The summed E-state index contributed by atoms with van der Waals surface area (Å²) in [4.78, 5) is 2.06. The predicted molar refractivity (Wildman–Crippen MR) is 79.8 cm³/mol. The molecule has 1 unspecified atom stereocenters. The molecular formula is C15H23N5. The Morgan fingerprint density at radius 1 is 1.35 bits per heavy atom. The fourth-order valence-electron chi connectivity index (χ4n) is 2.88. The highest BCUT2D eigenvalue weighted by Gasteiger charge is 2.21. The molecule has 1 atom stereocenters. The van der Waals surface area contributed by atoms with Crippen LogP contribution in [-0.2, 0) is 12.8 Å². The maximum atomic E-state index is 9.50. The van der Waals surface area contributed by atoms with Gasteiger partial charge in [0.05, 0.1) is 5.69 Å². The van der Waals surface area contributed by atoms with Crippen LogP contribution in [-0.4, -0.2) is 36.4 Å². The lowest BCUT2D eigenvalue weighted by Crippen LogP contribution is -2.36. The normalized spacial score (nSPS) is 18.0. The minimum absolute atomic E-state index is 0.490. The third kappa shape index (κ3) is 2.91. The lowest BCUT2D eigenvalue weighted by atomic mass is 10.0. The Morgan fingerprint density at radius 3 is 2.70 bits per heavy atom. The number of hydrogen-bond donors (Lipinski definition) is 1. The van der Waals surface area contributed by atoms with Crippen molar-refractivity contribution in [2.45, 2.75) is 45.6 Å². The summed E-state index contributed by atoms with van der Waals surface area (Å²) in [5.74, 6) is 0.718. The molecular weight excluding hydrogens is 250 g/mol. The quantitative estimate of drug-likeness (QED) is 0.884. The van der Waals surface area contributed by atoms with E-state index in [0.717, 1.165) is 43.0 Å². The Labute approximate surface area is 121 Å². The summed E-state index contributed by atoms with van der Waals surface area (Å²) in [6.07, 6.45) is 4.06. The molecule has 2 rings (SSSR count). The van der Waals surface area contributed by atoms with E-state index in [2.05, 4.69) is 40.3 Å². The lowest BCUT2D eigenvalue weighted by Gasteiger charge is -2.23. The second kappa shape index (κ2) is 6.67. The maximum Gasteiger partial charge on any atom is 0.169 e. The van der Waals surface area contributed by atoms with Gasteiger partial charge in [0.15, 0.2) is 5.82 Å². The molecule has 1 fully saturated rings. The van der Waals surface area contributed by atoms with Crippen molar-refractivity contribution in [3.63, 3.8) is 0 Å². The Kier molecular flexibility index (Phi) is 4.91. The molecule has 0 bridgehead atoms. The van der Waals surface area contributed by atoms with Gasteiger partial charge in [-0.15, -0.1) is 5.10 Å². The third-order valence-electron chi connectivity index (χ3n) is 3.96. The number of aryl methyl sites for hydroxylation is 1. The summed E-state index contributed by atoms with van der Waals surface area (Å²) >= 11 is 0. The minimum atomic E-state index is 0.490. The predicted octanol–water partition coefficient (Wildman–Crippen LogP) is 1.66. The number of likely N-dealkylation sites (N-methyl/N-ethyl adjacent to an activating group) is 1. The zero-order valence-corrected chi connectivity index (χ0v) is 12.6.